The Balaban J connectivity index is 1.94. The first-order valence-corrected chi connectivity index (χ1v) is 8.23. The van der Waals surface area contributed by atoms with E-state index in [1.54, 1.807) is 54.6 Å². The Morgan fingerprint density at radius 2 is 1.74 bits per heavy atom. The number of nitrogens with one attached hydrogen (secondary N) is 2. The zero-order valence-corrected chi connectivity index (χ0v) is 14.8. The molecular formula is C20H19N3O4. The first-order chi connectivity index (χ1) is 13.0. The van der Waals surface area contributed by atoms with Crippen LogP contribution in [0.15, 0.2) is 54.6 Å². The molecule has 2 amide bonds. The van der Waals surface area contributed by atoms with Crippen LogP contribution < -0.4 is 10.6 Å². The van der Waals surface area contributed by atoms with Crippen LogP contribution in [0.4, 0.5) is 0 Å². The quantitative estimate of drug-likeness (QED) is 0.717. The lowest BCUT2D eigenvalue weighted by molar-refractivity contribution is -0.144. The molecule has 1 atom stereocenters. The highest BCUT2D eigenvalue weighted by Gasteiger charge is 2.22. The topological polar surface area (TPSA) is 108 Å². The molecule has 0 aliphatic rings. The van der Waals surface area contributed by atoms with Crippen LogP contribution in [0.1, 0.15) is 21.5 Å². The van der Waals surface area contributed by atoms with E-state index < -0.39 is 17.9 Å². The molecule has 2 N–H and O–H groups in total. The van der Waals surface area contributed by atoms with Crippen LogP contribution in [0.3, 0.4) is 0 Å². The van der Waals surface area contributed by atoms with Crippen LogP contribution in [0, 0.1) is 11.3 Å². The summed E-state index contributed by atoms with van der Waals surface area (Å²) < 4.78 is 4.73. The van der Waals surface area contributed by atoms with Crippen molar-refractivity contribution in [3.05, 3.63) is 71.3 Å². The molecule has 0 unspecified atom stereocenters. The minimum Gasteiger partial charge on any atom is -0.467 e. The normalized spacial score (nSPS) is 11.0. The smallest absolute Gasteiger partial charge is 0.328 e. The van der Waals surface area contributed by atoms with Gasteiger partial charge in [-0.3, -0.25) is 9.59 Å². The van der Waals surface area contributed by atoms with Crippen molar-refractivity contribution in [2.24, 2.45) is 0 Å². The summed E-state index contributed by atoms with van der Waals surface area (Å²) in [6.07, 6.45) is 0.205. The lowest BCUT2D eigenvalue weighted by Gasteiger charge is -2.17. The van der Waals surface area contributed by atoms with Gasteiger partial charge >= 0.3 is 5.97 Å². The van der Waals surface area contributed by atoms with Gasteiger partial charge in [0.25, 0.3) is 5.91 Å². The van der Waals surface area contributed by atoms with E-state index in [4.69, 9.17) is 10.00 Å². The molecule has 2 aromatic rings. The van der Waals surface area contributed by atoms with Gasteiger partial charge in [0.2, 0.25) is 5.91 Å². The summed E-state index contributed by atoms with van der Waals surface area (Å²) in [7, 11) is 1.23. The first kappa shape index (κ1) is 19.7. The maximum Gasteiger partial charge on any atom is 0.328 e. The van der Waals surface area contributed by atoms with E-state index in [9.17, 15) is 14.4 Å². The van der Waals surface area contributed by atoms with E-state index in [0.29, 0.717) is 11.1 Å². The van der Waals surface area contributed by atoms with Crippen LogP contribution in [0.25, 0.3) is 0 Å². The fourth-order valence-corrected chi connectivity index (χ4v) is 2.38. The number of carbonyl (C=O) groups excluding carboxylic acids is 3. The van der Waals surface area contributed by atoms with E-state index in [2.05, 4.69) is 10.6 Å². The predicted octanol–water partition coefficient (Wildman–Crippen LogP) is 1.19. The molecule has 0 aliphatic carbocycles. The van der Waals surface area contributed by atoms with Gasteiger partial charge in [0.05, 0.1) is 25.3 Å². The molecule has 7 heteroatoms. The number of esters is 1. The molecular weight excluding hydrogens is 346 g/mol. The molecule has 0 saturated carbocycles. The van der Waals surface area contributed by atoms with Crippen LogP contribution in [0.5, 0.6) is 0 Å². The van der Waals surface area contributed by atoms with Crippen molar-refractivity contribution in [2.75, 3.05) is 13.7 Å². The minimum absolute atomic E-state index is 0.205. The summed E-state index contributed by atoms with van der Waals surface area (Å²) in [6.45, 7) is -0.269. The summed E-state index contributed by atoms with van der Waals surface area (Å²) >= 11 is 0. The number of amides is 2. The third-order valence-electron chi connectivity index (χ3n) is 3.79. The molecule has 2 aromatic carbocycles. The summed E-state index contributed by atoms with van der Waals surface area (Å²) in [5.74, 6) is -1.49. The SMILES string of the molecule is COC(=O)[C@@H](Cc1ccc(C#N)cc1)NC(=O)CNC(=O)c1ccccc1. The molecule has 0 aliphatic heterocycles. The van der Waals surface area contributed by atoms with Gasteiger partial charge in [0, 0.05) is 12.0 Å². The highest BCUT2D eigenvalue weighted by atomic mass is 16.5. The second kappa shape index (κ2) is 9.73. The predicted molar refractivity (Wildman–Crippen MR) is 97.6 cm³/mol. The number of methoxy groups -OCH3 is 1. The summed E-state index contributed by atoms with van der Waals surface area (Å²) in [4.78, 5) is 36.0. The highest BCUT2D eigenvalue weighted by Crippen LogP contribution is 2.07. The summed E-state index contributed by atoms with van der Waals surface area (Å²) in [5.41, 5.74) is 1.70. The molecule has 0 saturated heterocycles. The molecule has 0 fully saturated rings. The molecule has 0 spiro atoms. The number of nitriles is 1. The fraction of sp³-hybridized carbons (Fsp3) is 0.200. The van der Waals surface area contributed by atoms with Gasteiger partial charge in [-0.05, 0) is 29.8 Å². The van der Waals surface area contributed by atoms with E-state index >= 15 is 0 Å². The number of benzene rings is 2. The zero-order valence-electron chi connectivity index (χ0n) is 14.8. The van der Waals surface area contributed by atoms with E-state index in [-0.39, 0.29) is 18.9 Å². The van der Waals surface area contributed by atoms with Crippen molar-refractivity contribution < 1.29 is 19.1 Å². The summed E-state index contributed by atoms with van der Waals surface area (Å²) in [5, 5.41) is 13.9. The number of carbonyl (C=O) groups is 3. The van der Waals surface area contributed by atoms with E-state index in [1.807, 2.05) is 6.07 Å². The number of ether oxygens (including phenoxy) is 1. The van der Waals surface area contributed by atoms with Gasteiger partial charge < -0.3 is 15.4 Å². The Kier molecular flexibility index (Phi) is 7.08. The van der Waals surface area contributed by atoms with Crippen molar-refractivity contribution >= 4 is 17.8 Å². The standard InChI is InChI=1S/C20H19N3O4/c1-27-20(26)17(11-14-7-9-15(12-21)10-8-14)23-18(24)13-22-19(25)16-5-3-2-4-6-16/h2-10,17H,11,13H2,1H3,(H,22,25)(H,23,24)/t17-/m1/s1. The Morgan fingerprint density at radius 3 is 2.33 bits per heavy atom. The molecule has 0 bridgehead atoms. The second-order valence-electron chi connectivity index (χ2n) is 5.70. The van der Waals surface area contributed by atoms with Crippen molar-refractivity contribution in [1.29, 1.82) is 5.26 Å². The average Bonchev–Trinajstić information content (AvgIpc) is 2.72. The Bertz CT molecular complexity index is 842. The number of hydrogen-bond donors (Lipinski definition) is 2. The molecule has 27 heavy (non-hydrogen) atoms. The third kappa shape index (κ3) is 5.97. The highest BCUT2D eigenvalue weighted by molar-refractivity contribution is 5.96. The van der Waals surface area contributed by atoms with Crippen molar-refractivity contribution in [3.63, 3.8) is 0 Å². The van der Waals surface area contributed by atoms with Crippen molar-refractivity contribution in [2.45, 2.75) is 12.5 Å². The van der Waals surface area contributed by atoms with Crippen LogP contribution in [-0.2, 0) is 20.7 Å². The van der Waals surface area contributed by atoms with Crippen LogP contribution in [0.2, 0.25) is 0 Å². The Hall–Kier alpha value is -3.66. The van der Waals surface area contributed by atoms with Gasteiger partial charge in [-0.2, -0.15) is 5.26 Å². The van der Waals surface area contributed by atoms with Gasteiger partial charge in [0.1, 0.15) is 6.04 Å². The fourth-order valence-electron chi connectivity index (χ4n) is 2.38. The van der Waals surface area contributed by atoms with Gasteiger partial charge in [-0.1, -0.05) is 30.3 Å². The lowest BCUT2D eigenvalue weighted by atomic mass is 10.0. The van der Waals surface area contributed by atoms with Crippen LogP contribution in [-0.4, -0.2) is 37.5 Å². The van der Waals surface area contributed by atoms with Gasteiger partial charge in [-0.25, -0.2) is 4.79 Å². The monoisotopic (exact) mass is 365 g/mol. The van der Waals surface area contributed by atoms with Gasteiger partial charge in [0.15, 0.2) is 0 Å². The molecule has 7 nitrogen and oxygen atoms in total. The van der Waals surface area contributed by atoms with Crippen molar-refractivity contribution in [3.8, 4) is 6.07 Å². The molecule has 0 aromatic heterocycles. The second-order valence-corrected chi connectivity index (χ2v) is 5.70. The molecule has 138 valence electrons. The minimum atomic E-state index is -0.899. The maximum atomic E-state index is 12.1. The van der Waals surface area contributed by atoms with Gasteiger partial charge in [-0.15, -0.1) is 0 Å². The molecule has 0 heterocycles. The number of rotatable bonds is 7. The van der Waals surface area contributed by atoms with Crippen LogP contribution >= 0.6 is 0 Å². The first-order valence-electron chi connectivity index (χ1n) is 8.23. The van der Waals surface area contributed by atoms with E-state index in [0.717, 1.165) is 5.56 Å². The summed E-state index contributed by atoms with van der Waals surface area (Å²) in [6, 6.07) is 16.3. The average molecular weight is 365 g/mol. The van der Waals surface area contributed by atoms with Crippen molar-refractivity contribution in [1.82, 2.24) is 10.6 Å². The number of nitrogens with zero attached hydrogens (tertiary/aromatic N) is 1. The van der Waals surface area contributed by atoms with E-state index in [1.165, 1.54) is 7.11 Å². The molecule has 2 rings (SSSR count). The number of hydrogen-bond acceptors (Lipinski definition) is 5. The maximum absolute atomic E-state index is 12.1. The third-order valence-corrected chi connectivity index (χ3v) is 3.79. The Labute approximate surface area is 156 Å². The Morgan fingerprint density at radius 1 is 1.07 bits per heavy atom. The molecule has 0 radical (unpaired) electrons. The zero-order chi connectivity index (χ0) is 19.6. The largest absolute Gasteiger partial charge is 0.467 e. The lowest BCUT2D eigenvalue weighted by Crippen LogP contribution is -2.47.